The lowest BCUT2D eigenvalue weighted by atomic mass is 10.3. The van der Waals surface area contributed by atoms with Crippen molar-refractivity contribution in [2.24, 2.45) is 14.1 Å². The van der Waals surface area contributed by atoms with Crippen LogP contribution >= 0.6 is 0 Å². The first-order valence-electron chi connectivity index (χ1n) is 5.43. The molecule has 2 heterocycles. The maximum atomic E-state index is 4.38. The Kier molecular flexibility index (Phi) is 2.94. The van der Waals surface area contributed by atoms with Crippen LogP contribution in [0.3, 0.4) is 0 Å². The van der Waals surface area contributed by atoms with Crippen LogP contribution in [0.1, 0.15) is 18.2 Å². The van der Waals surface area contributed by atoms with E-state index in [1.54, 1.807) is 4.68 Å². The number of anilines is 1. The zero-order chi connectivity index (χ0) is 11.5. The molecule has 0 aromatic carbocycles. The van der Waals surface area contributed by atoms with Gasteiger partial charge in [0.1, 0.15) is 0 Å². The van der Waals surface area contributed by atoms with Crippen LogP contribution in [0.15, 0.2) is 18.6 Å². The summed E-state index contributed by atoms with van der Waals surface area (Å²) in [6.07, 6.45) is 6.83. The summed E-state index contributed by atoms with van der Waals surface area (Å²) in [6.45, 7) is 2.89. The maximum Gasteiger partial charge on any atom is 0.0853 e. The third kappa shape index (κ3) is 2.24. The molecule has 5 heteroatoms. The lowest BCUT2D eigenvalue weighted by molar-refractivity contribution is 0.746. The van der Waals surface area contributed by atoms with Gasteiger partial charge in [0.2, 0.25) is 0 Å². The SMILES string of the molecule is CCc1nn(C)cc1NCc1cnn(C)c1. The molecular formula is C11H17N5. The zero-order valence-electron chi connectivity index (χ0n) is 9.94. The molecule has 0 spiro atoms. The predicted octanol–water partition coefficient (Wildman–Crippen LogP) is 1.33. The first-order chi connectivity index (χ1) is 7.69. The Hall–Kier alpha value is -1.78. The highest BCUT2D eigenvalue weighted by atomic mass is 15.3. The summed E-state index contributed by atoms with van der Waals surface area (Å²) >= 11 is 0. The average Bonchev–Trinajstić information content (AvgIpc) is 2.81. The van der Waals surface area contributed by atoms with Crippen LogP contribution in [0.25, 0.3) is 0 Å². The highest BCUT2D eigenvalue weighted by Crippen LogP contribution is 2.14. The van der Waals surface area contributed by atoms with E-state index in [4.69, 9.17) is 0 Å². The monoisotopic (exact) mass is 219 g/mol. The van der Waals surface area contributed by atoms with Gasteiger partial charge in [-0.15, -0.1) is 0 Å². The number of rotatable bonds is 4. The number of nitrogens with one attached hydrogen (secondary N) is 1. The van der Waals surface area contributed by atoms with Crippen molar-refractivity contribution in [3.05, 3.63) is 29.8 Å². The van der Waals surface area contributed by atoms with Gasteiger partial charge in [-0.05, 0) is 6.42 Å². The molecule has 0 amide bonds. The Bertz CT molecular complexity index is 468. The molecule has 1 N–H and O–H groups in total. The Morgan fingerprint density at radius 2 is 2.06 bits per heavy atom. The third-order valence-electron chi connectivity index (χ3n) is 2.48. The molecule has 0 radical (unpaired) electrons. The normalized spacial score (nSPS) is 10.7. The van der Waals surface area contributed by atoms with Crippen molar-refractivity contribution in [1.82, 2.24) is 19.6 Å². The van der Waals surface area contributed by atoms with Crippen molar-refractivity contribution in [3.63, 3.8) is 0 Å². The summed E-state index contributed by atoms with van der Waals surface area (Å²) < 4.78 is 3.64. The lowest BCUT2D eigenvalue weighted by Crippen LogP contribution is -1.99. The molecule has 0 aliphatic heterocycles. The molecular weight excluding hydrogens is 202 g/mol. The quantitative estimate of drug-likeness (QED) is 0.844. The van der Waals surface area contributed by atoms with E-state index in [0.29, 0.717) is 0 Å². The standard InChI is InChI=1S/C11H17N5/c1-4-10-11(8-16(3)14-10)12-5-9-6-13-15(2)7-9/h6-8,12H,4-5H2,1-3H3. The van der Waals surface area contributed by atoms with Crippen LogP contribution in [0.2, 0.25) is 0 Å². The first-order valence-corrected chi connectivity index (χ1v) is 5.43. The summed E-state index contributed by atoms with van der Waals surface area (Å²) in [5, 5.41) is 11.9. The lowest BCUT2D eigenvalue weighted by Gasteiger charge is -2.02. The van der Waals surface area contributed by atoms with Gasteiger partial charge in [-0.25, -0.2) is 0 Å². The summed E-state index contributed by atoms with van der Waals surface area (Å²) in [5.74, 6) is 0. The Labute approximate surface area is 95.1 Å². The van der Waals surface area contributed by atoms with Gasteiger partial charge in [-0.3, -0.25) is 9.36 Å². The molecule has 0 aliphatic carbocycles. The van der Waals surface area contributed by atoms with Crippen molar-refractivity contribution >= 4 is 5.69 Å². The fourth-order valence-electron chi connectivity index (χ4n) is 1.70. The van der Waals surface area contributed by atoms with Gasteiger partial charge in [0.25, 0.3) is 0 Å². The minimum atomic E-state index is 0.784. The maximum absolute atomic E-state index is 4.38. The molecule has 0 bridgehead atoms. The Morgan fingerprint density at radius 1 is 1.25 bits per heavy atom. The molecule has 0 atom stereocenters. The number of nitrogens with zero attached hydrogens (tertiary/aromatic N) is 4. The fraction of sp³-hybridized carbons (Fsp3) is 0.455. The second-order valence-corrected chi connectivity index (χ2v) is 3.89. The topological polar surface area (TPSA) is 47.7 Å². The molecule has 0 unspecified atom stereocenters. The molecule has 2 aromatic rings. The molecule has 0 aliphatic rings. The number of hydrogen-bond acceptors (Lipinski definition) is 3. The smallest absolute Gasteiger partial charge is 0.0853 e. The number of aromatic nitrogens is 4. The third-order valence-corrected chi connectivity index (χ3v) is 2.48. The molecule has 5 nitrogen and oxygen atoms in total. The highest BCUT2D eigenvalue weighted by molar-refractivity contribution is 5.46. The van der Waals surface area contributed by atoms with Crippen molar-refractivity contribution in [3.8, 4) is 0 Å². The van der Waals surface area contributed by atoms with E-state index in [0.717, 1.165) is 24.3 Å². The Morgan fingerprint density at radius 3 is 2.69 bits per heavy atom. The van der Waals surface area contributed by atoms with Crippen molar-refractivity contribution in [2.45, 2.75) is 19.9 Å². The summed E-state index contributed by atoms with van der Waals surface area (Å²) in [5.41, 5.74) is 3.38. The van der Waals surface area contributed by atoms with E-state index in [2.05, 4.69) is 22.4 Å². The molecule has 0 fully saturated rings. The molecule has 2 rings (SSSR count). The Balaban J connectivity index is 2.04. The van der Waals surface area contributed by atoms with Gasteiger partial charge in [-0.1, -0.05) is 6.92 Å². The number of aryl methyl sites for hydroxylation is 3. The molecule has 2 aromatic heterocycles. The van der Waals surface area contributed by atoms with Crippen LogP contribution in [0, 0.1) is 0 Å². The van der Waals surface area contributed by atoms with E-state index >= 15 is 0 Å². The second-order valence-electron chi connectivity index (χ2n) is 3.89. The first kappa shape index (κ1) is 10.7. The van der Waals surface area contributed by atoms with Crippen molar-refractivity contribution < 1.29 is 0 Å². The van der Waals surface area contributed by atoms with Gasteiger partial charge in [0, 0.05) is 38.6 Å². The van der Waals surface area contributed by atoms with E-state index in [-0.39, 0.29) is 0 Å². The second kappa shape index (κ2) is 4.38. The molecule has 0 saturated carbocycles. The molecule has 0 saturated heterocycles. The highest BCUT2D eigenvalue weighted by Gasteiger charge is 2.05. The van der Waals surface area contributed by atoms with Crippen molar-refractivity contribution in [2.75, 3.05) is 5.32 Å². The molecule has 86 valence electrons. The van der Waals surface area contributed by atoms with Crippen LogP contribution in [0.4, 0.5) is 5.69 Å². The van der Waals surface area contributed by atoms with Gasteiger partial charge in [-0.2, -0.15) is 10.2 Å². The van der Waals surface area contributed by atoms with Crippen LogP contribution in [0.5, 0.6) is 0 Å². The summed E-state index contributed by atoms with van der Waals surface area (Å²) in [6, 6.07) is 0. The zero-order valence-corrected chi connectivity index (χ0v) is 9.94. The largest absolute Gasteiger partial charge is 0.378 e. The van der Waals surface area contributed by atoms with E-state index in [1.165, 1.54) is 5.56 Å². The fourth-order valence-corrected chi connectivity index (χ4v) is 1.70. The van der Waals surface area contributed by atoms with Crippen molar-refractivity contribution in [1.29, 1.82) is 0 Å². The van der Waals surface area contributed by atoms with E-state index < -0.39 is 0 Å². The van der Waals surface area contributed by atoms with Crippen LogP contribution in [-0.2, 0) is 27.1 Å². The van der Waals surface area contributed by atoms with Gasteiger partial charge in [0.15, 0.2) is 0 Å². The van der Waals surface area contributed by atoms with Crippen LogP contribution in [-0.4, -0.2) is 19.6 Å². The predicted molar refractivity (Wildman–Crippen MR) is 63.1 cm³/mol. The van der Waals surface area contributed by atoms with Gasteiger partial charge in [0.05, 0.1) is 17.6 Å². The summed E-state index contributed by atoms with van der Waals surface area (Å²) in [4.78, 5) is 0. The average molecular weight is 219 g/mol. The van der Waals surface area contributed by atoms with Gasteiger partial charge >= 0.3 is 0 Å². The molecule has 16 heavy (non-hydrogen) atoms. The minimum absolute atomic E-state index is 0.784. The van der Waals surface area contributed by atoms with E-state index in [1.807, 2.05) is 37.4 Å². The summed E-state index contributed by atoms with van der Waals surface area (Å²) in [7, 11) is 3.86. The minimum Gasteiger partial charge on any atom is -0.378 e. The number of hydrogen-bond donors (Lipinski definition) is 1. The van der Waals surface area contributed by atoms with Gasteiger partial charge < -0.3 is 5.32 Å². The van der Waals surface area contributed by atoms with E-state index in [9.17, 15) is 0 Å². The van der Waals surface area contributed by atoms with Crippen LogP contribution < -0.4 is 5.32 Å².